The molecule has 5 heteroatoms. The second-order valence-corrected chi connectivity index (χ2v) is 7.13. The Morgan fingerprint density at radius 3 is 2.41 bits per heavy atom. The molecular weight excluding hydrogens is 343 g/mol. The molecule has 0 saturated heterocycles. The fourth-order valence-corrected chi connectivity index (χ4v) is 3.61. The molecule has 0 unspecified atom stereocenters. The lowest BCUT2D eigenvalue weighted by Gasteiger charge is -2.40. The summed E-state index contributed by atoms with van der Waals surface area (Å²) in [6.07, 6.45) is 2.51. The zero-order valence-electron chi connectivity index (χ0n) is 15.8. The van der Waals surface area contributed by atoms with Gasteiger partial charge in [-0.3, -0.25) is 9.59 Å². The minimum Gasteiger partial charge on any atom is -0.339 e. The Bertz CT molecular complexity index is 828. The minimum atomic E-state index is -0.585. The highest BCUT2D eigenvalue weighted by molar-refractivity contribution is 6.00. The van der Waals surface area contributed by atoms with Gasteiger partial charge in [0.15, 0.2) is 0 Å². The van der Waals surface area contributed by atoms with Crippen molar-refractivity contribution in [2.24, 2.45) is 0 Å². The molecule has 0 heterocycles. The third-order valence-corrected chi connectivity index (χ3v) is 5.42. The highest BCUT2D eigenvalue weighted by Crippen LogP contribution is 2.44. The van der Waals surface area contributed by atoms with E-state index in [-0.39, 0.29) is 17.6 Å². The second kappa shape index (κ2) is 7.91. The molecular formula is C22H25FN2O2. The Morgan fingerprint density at radius 1 is 1.15 bits per heavy atom. The van der Waals surface area contributed by atoms with Gasteiger partial charge < -0.3 is 10.2 Å². The number of amides is 2. The van der Waals surface area contributed by atoms with Crippen molar-refractivity contribution >= 4 is 17.5 Å². The lowest BCUT2D eigenvalue weighted by Crippen LogP contribution is -2.46. The van der Waals surface area contributed by atoms with Crippen LogP contribution < -0.4 is 5.32 Å². The van der Waals surface area contributed by atoms with Crippen LogP contribution in [0.1, 0.15) is 44.2 Å². The summed E-state index contributed by atoms with van der Waals surface area (Å²) in [4.78, 5) is 26.4. The molecule has 2 aromatic rings. The van der Waals surface area contributed by atoms with Crippen LogP contribution in [0.2, 0.25) is 0 Å². The van der Waals surface area contributed by atoms with Crippen LogP contribution in [0.5, 0.6) is 0 Å². The predicted octanol–water partition coefficient (Wildman–Crippen LogP) is 4.25. The maximum atomic E-state index is 13.3. The van der Waals surface area contributed by atoms with Crippen LogP contribution >= 0.6 is 0 Å². The average molecular weight is 368 g/mol. The third kappa shape index (κ3) is 4.02. The van der Waals surface area contributed by atoms with Gasteiger partial charge in [-0.1, -0.05) is 30.7 Å². The topological polar surface area (TPSA) is 49.4 Å². The number of nitrogens with one attached hydrogen (secondary N) is 1. The van der Waals surface area contributed by atoms with Gasteiger partial charge in [0, 0.05) is 25.7 Å². The van der Waals surface area contributed by atoms with Crippen molar-refractivity contribution in [2.45, 2.75) is 45.1 Å². The Kier molecular flexibility index (Phi) is 5.59. The SMILES string of the molecule is CCN(Cc1cccc(NC(=O)C2(c3ccc(F)cc3)CCC2)c1)C(C)=O. The Labute approximate surface area is 159 Å². The number of carbonyl (C=O) groups excluding carboxylic acids is 2. The molecule has 142 valence electrons. The van der Waals surface area contributed by atoms with Gasteiger partial charge in [-0.2, -0.15) is 0 Å². The number of hydrogen-bond acceptors (Lipinski definition) is 2. The van der Waals surface area contributed by atoms with E-state index in [2.05, 4.69) is 5.32 Å². The molecule has 2 amide bonds. The van der Waals surface area contributed by atoms with Gasteiger partial charge in [0.1, 0.15) is 5.82 Å². The van der Waals surface area contributed by atoms with Crippen LogP contribution in [0.15, 0.2) is 48.5 Å². The first-order valence-corrected chi connectivity index (χ1v) is 9.36. The Morgan fingerprint density at radius 2 is 1.85 bits per heavy atom. The molecule has 4 nitrogen and oxygen atoms in total. The lowest BCUT2D eigenvalue weighted by atomic mass is 9.64. The first-order chi connectivity index (χ1) is 12.9. The van der Waals surface area contributed by atoms with Crippen molar-refractivity contribution in [2.75, 3.05) is 11.9 Å². The van der Waals surface area contributed by atoms with Crippen molar-refractivity contribution in [1.82, 2.24) is 4.90 Å². The van der Waals surface area contributed by atoms with Crippen molar-refractivity contribution < 1.29 is 14.0 Å². The molecule has 2 aromatic carbocycles. The van der Waals surface area contributed by atoms with Crippen LogP contribution in [-0.4, -0.2) is 23.3 Å². The first-order valence-electron chi connectivity index (χ1n) is 9.36. The Balaban J connectivity index is 1.76. The van der Waals surface area contributed by atoms with Gasteiger partial charge in [0.05, 0.1) is 5.41 Å². The van der Waals surface area contributed by atoms with E-state index in [1.165, 1.54) is 12.1 Å². The number of carbonyl (C=O) groups is 2. The largest absolute Gasteiger partial charge is 0.339 e. The van der Waals surface area contributed by atoms with Crippen molar-refractivity contribution in [3.63, 3.8) is 0 Å². The zero-order chi connectivity index (χ0) is 19.4. The van der Waals surface area contributed by atoms with E-state index in [1.54, 1.807) is 24.0 Å². The molecule has 1 aliphatic carbocycles. The Hall–Kier alpha value is -2.69. The minimum absolute atomic E-state index is 0.0247. The molecule has 0 aliphatic heterocycles. The number of hydrogen-bond donors (Lipinski definition) is 1. The van der Waals surface area contributed by atoms with Crippen molar-refractivity contribution in [1.29, 1.82) is 0 Å². The maximum Gasteiger partial charge on any atom is 0.235 e. The standard InChI is InChI=1S/C22H25FN2O2/c1-3-25(16(2)26)15-17-6-4-7-20(14-17)24-21(27)22(12-5-13-22)18-8-10-19(23)11-9-18/h4,6-11,14H,3,5,12-13,15H2,1-2H3,(H,24,27). The summed E-state index contributed by atoms with van der Waals surface area (Å²) in [5.41, 5.74) is 1.95. The smallest absolute Gasteiger partial charge is 0.235 e. The summed E-state index contributed by atoms with van der Waals surface area (Å²) in [6.45, 7) is 4.65. The molecule has 1 saturated carbocycles. The number of benzene rings is 2. The number of halogens is 1. The molecule has 3 rings (SSSR count). The fraction of sp³-hybridized carbons (Fsp3) is 0.364. The monoisotopic (exact) mass is 368 g/mol. The third-order valence-electron chi connectivity index (χ3n) is 5.42. The van der Waals surface area contributed by atoms with Crippen LogP contribution in [-0.2, 0) is 21.5 Å². The summed E-state index contributed by atoms with van der Waals surface area (Å²) in [7, 11) is 0. The highest BCUT2D eigenvalue weighted by Gasteiger charge is 2.45. The van der Waals surface area contributed by atoms with E-state index in [0.717, 1.165) is 30.4 Å². The van der Waals surface area contributed by atoms with Crippen LogP contribution in [0, 0.1) is 5.82 Å². The van der Waals surface area contributed by atoms with E-state index in [1.807, 2.05) is 31.2 Å². The van der Waals surface area contributed by atoms with E-state index >= 15 is 0 Å². The van der Waals surface area contributed by atoms with E-state index in [4.69, 9.17) is 0 Å². The molecule has 0 atom stereocenters. The van der Waals surface area contributed by atoms with Gasteiger partial charge in [0.25, 0.3) is 0 Å². The van der Waals surface area contributed by atoms with Crippen LogP contribution in [0.4, 0.5) is 10.1 Å². The van der Waals surface area contributed by atoms with Crippen LogP contribution in [0.3, 0.4) is 0 Å². The van der Waals surface area contributed by atoms with Gasteiger partial charge in [-0.25, -0.2) is 4.39 Å². The van der Waals surface area contributed by atoms with Crippen molar-refractivity contribution in [3.8, 4) is 0 Å². The van der Waals surface area contributed by atoms with Gasteiger partial charge in [-0.15, -0.1) is 0 Å². The molecule has 1 aliphatic rings. The summed E-state index contributed by atoms with van der Waals surface area (Å²) >= 11 is 0. The summed E-state index contributed by atoms with van der Waals surface area (Å²) in [5.74, 6) is -0.333. The summed E-state index contributed by atoms with van der Waals surface area (Å²) in [5, 5.41) is 3.02. The molecule has 1 fully saturated rings. The van der Waals surface area contributed by atoms with Gasteiger partial charge in [0.2, 0.25) is 11.8 Å². The van der Waals surface area contributed by atoms with Crippen LogP contribution in [0.25, 0.3) is 0 Å². The predicted molar refractivity (Wildman–Crippen MR) is 104 cm³/mol. The fourth-order valence-electron chi connectivity index (χ4n) is 3.61. The first kappa shape index (κ1) is 19.1. The average Bonchev–Trinajstić information content (AvgIpc) is 2.60. The highest BCUT2D eigenvalue weighted by atomic mass is 19.1. The zero-order valence-corrected chi connectivity index (χ0v) is 15.8. The second-order valence-electron chi connectivity index (χ2n) is 7.13. The van der Waals surface area contributed by atoms with Gasteiger partial charge in [-0.05, 0) is 55.2 Å². The molecule has 0 bridgehead atoms. The van der Waals surface area contributed by atoms with E-state index < -0.39 is 5.41 Å². The van der Waals surface area contributed by atoms with Crippen molar-refractivity contribution in [3.05, 3.63) is 65.5 Å². The van der Waals surface area contributed by atoms with E-state index in [0.29, 0.717) is 18.8 Å². The summed E-state index contributed by atoms with van der Waals surface area (Å²) in [6, 6.07) is 13.8. The van der Waals surface area contributed by atoms with E-state index in [9.17, 15) is 14.0 Å². The lowest BCUT2D eigenvalue weighted by molar-refractivity contribution is -0.129. The molecule has 0 spiro atoms. The molecule has 1 N–H and O–H groups in total. The molecule has 0 radical (unpaired) electrons. The maximum absolute atomic E-state index is 13.3. The van der Waals surface area contributed by atoms with Gasteiger partial charge >= 0.3 is 0 Å². The quantitative estimate of drug-likeness (QED) is 0.828. The molecule has 0 aromatic heterocycles. The number of rotatable bonds is 6. The number of anilines is 1. The molecule has 27 heavy (non-hydrogen) atoms. The summed E-state index contributed by atoms with van der Waals surface area (Å²) < 4.78 is 13.3. The number of nitrogens with zero attached hydrogens (tertiary/aromatic N) is 1. The normalized spacial score (nSPS) is 14.9.